The van der Waals surface area contributed by atoms with Crippen LogP contribution in [0.25, 0.3) is 0 Å². The molecule has 1 aromatic rings. The number of nitrogens with one attached hydrogen (secondary N) is 1. The highest BCUT2D eigenvalue weighted by atomic mass is 32.2. The van der Waals surface area contributed by atoms with E-state index < -0.39 is 16.1 Å². The molecule has 0 aliphatic carbocycles. The van der Waals surface area contributed by atoms with Crippen molar-refractivity contribution >= 4 is 27.7 Å². The fourth-order valence-electron chi connectivity index (χ4n) is 2.53. The summed E-state index contributed by atoms with van der Waals surface area (Å²) in [6.45, 7) is 2.47. The molecule has 0 spiro atoms. The van der Waals surface area contributed by atoms with E-state index in [2.05, 4.69) is 5.32 Å². The molecule has 1 saturated heterocycles. The minimum atomic E-state index is -3.63. The number of anilines is 1. The van der Waals surface area contributed by atoms with Crippen LogP contribution in [0.5, 0.6) is 0 Å². The highest BCUT2D eigenvalue weighted by Crippen LogP contribution is 2.24. The first-order valence-electron chi connectivity index (χ1n) is 7.68. The smallest absolute Gasteiger partial charge is 0.411 e. The number of primary amides is 1. The van der Waals surface area contributed by atoms with E-state index in [9.17, 15) is 18.0 Å². The lowest BCUT2D eigenvalue weighted by Gasteiger charge is -2.29. The standard InChI is InChI=1S/C15H21N3O5S/c1-2-23-15(20)17-12-3-5-13(6-4-12)24(21,22)18-9-7-11(8-10-18)14(16)19/h3-6,11H,2,7-10H2,1H3,(H2,16,19)(H,17,20). The number of amides is 2. The lowest BCUT2D eigenvalue weighted by Crippen LogP contribution is -2.41. The van der Waals surface area contributed by atoms with Crippen LogP contribution in [-0.4, -0.2) is 44.4 Å². The van der Waals surface area contributed by atoms with Crippen LogP contribution in [-0.2, 0) is 19.6 Å². The molecule has 1 aliphatic heterocycles. The summed E-state index contributed by atoms with van der Waals surface area (Å²) in [6, 6.07) is 5.86. The largest absolute Gasteiger partial charge is 0.450 e. The Morgan fingerprint density at radius 1 is 1.25 bits per heavy atom. The van der Waals surface area contributed by atoms with Crippen molar-refractivity contribution in [3.8, 4) is 0 Å². The molecule has 1 fully saturated rings. The summed E-state index contributed by atoms with van der Waals surface area (Å²) in [5, 5.41) is 2.50. The van der Waals surface area contributed by atoms with Gasteiger partial charge in [0, 0.05) is 24.7 Å². The second kappa shape index (κ2) is 7.63. The van der Waals surface area contributed by atoms with E-state index in [4.69, 9.17) is 10.5 Å². The highest BCUT2D eigenvalue weighted by molar-refractivity contribution is 7.89. The Morgan fingerprint density at radius 2 is 1.83 bits per heavy atom. The van der Waals surface area contributed by atoms with Crippen LogP contribution >= 0.6 is 0 Å². The van der Waals surface area contributed by atoms with Crippen LogP contribution in [0.2, 0.25) is 0 Å². The predicted octanol–water partition coefficient (Wildman–Crippen LogP) is 1.14. The summed E-state index contributed by atoms with van der Waals surface area (Å²) in [5.74, 6) is -0.658. The quantitative estimate of drug-likeness (QED) is 0.821. The molecule has 0 aromatic heterocycles. The van der Waals surface area contributed by atoms with Crippen LogP contribution in [0.15, 0.2) is 29.2 Å². The zero-order valence-electron chi connectivity index (χ0n) is 13.4. The van der Waals surface area contributed by atoms with Gasteiger partial charge in [-0.15, -0.1) is 0 Å². The molecule has 132 valence electrons. The molecule has 2 rings (SSSR count). The average Bonchev–Trinajstić information content (AvgIpc) is 2.55. The molecular formula is C15H21N3O5S. The first-order valence-corrected chi connectivity index (χ1v) is 9.12. The van der Waals surface area contributed by atoms with Gasteiger partial charge in [-0.25, -0.2) is 13.2 Å². The number of ether oxygens (including phenoxy) is 1. The van der Waals surface area contributed by atoms with Gasteiger partial charge < -0.3 is 10.5 Å². The topological polar surface area (TPSA) is 119 Å². The summed E-state index contributed by atoms with van der Waals surface area (Å²) in [4.78, 5) is 22.6. The van der Waals surface area contributed by atoms with Crippen LogP contribution in [0, 0.1) is 5.92 Å². The van der Waals surface area contributed by atoms with Crippen LogP contribution in [0.4, 0.5) is 10.5 Å². The molecule has 9 heteroatoms. The Kier molecular flexibility index (Phi) is 5.79. The van der Waals surface area contributed by atoms with E-state index in [0.717, 1.165) is 0 Å². The Hall–Kier alpha value is -2.13. The van der Waals surface area contributed by atoms with E-state index in [1.54, 1.807) is 6.92 Å². The van der Waals surface area contributed by atoms with E-state index in [-0.39, 0.29) is 36.4 Å². The van der Waals surface area contributed by atoms with Crippen molar-refractivity contribution in [3.05, 3.63) is 24.3 Å². The Bertz CT molecular complexity index is 694. The van der Waals surface area contributed by atoms with Gasteiger partial charge in [0.1, 0.15) is 0 Å². The van der Waals surface area contributed by atoms with Crippen LogP contribution in [0.1, 0.15) is 19.8 Å². The summed E-state index contributed by atoms with van der Waals surface area (Å²) in [7, 11) is -3.63. The van der Waals surface area contributed by atoms with Crippen molar-refractivity contribution in [2.75, 3.05) is 25.0 Å². The van der Waals surface area contributed by atoms with Gasteiger partial charge >= 0.3 is 6.09 Å². The number of nitrogens with two attached hydrogens (primary N) is 1. The number of carbonyl (C=O) groups is 2. The van der Waals surface area contributed by atoms with Gasteiger partial charge in [-0.3, -0.25) is 10.1 Å². The maximum Gasteiger partial charge on any atom is 0.411 e. The van der Waals surface area contributed by atoms with E-state index >= 15 is 0 Å². The van der Waals surface area contributed by atoms with Crippen molar-refractivity contribution in [2.45, 2.75) is 24.7 Å². The Labute approximate surface area is 141 Å². The van der Waals surface area contributed by atoms with Crippen molar-refractivity contribution in [3.63, 3.8) is 0 Å². The number of piperidine rings is 1. The molecule has 0 radical (unpaired) electrons. The number of nitrogens with zero attached hydrogens (tertiary/aromatic N) is 1. The molecule has 2 amide bonds. The normalized spacial score (nSPS) is 16.5. The zero-order valence-corrected chi connectivity index (χ0v) is 14.2. The minimum Gasteiger partial charge on any atom is -0.450 e. The molecular weight excluding hydrogens is 334 g/mol. The molecule has 1 heterocycles. The maximum atomic E-state index is 12.6. The van der Waals surface area contributed by atoms with Crippen molar-refractivity contribution in [2.24, 2.45) is 11.7 Å². The van der Waals surface area contributed by atoms with Gasteiger partial charge in [0.2, 0.25) is 15.9 Å². The SMILES string of the molecule is CCOC(=O)Nc1ccc(S(=O)(=O)N2CCC(C(N)=O)CC2)cc1. The second-order valence-corrected chi connectivity index (χ2v) is 7.39. The maximum absolute atomic E-state index is 12.6. The van der Waals surface area contributed by atoms with Crippen molar-refractivity contribution < 1.29 is 22.7 Å². The fourth-order valence-corrected chi connectivity index (χ4v) is 3.99. The molecule has 0 bridgehead atoms. The summed E-state index contributed by atoms with van der Waals surface area (Å²) in [5.41, 5.74) is 5.70. The number of hydrogen-bond acceptors (Lipinski definition) is 5. The Balaban J connectivity index is 2.05. The minimum absolute atomic E-state index is 0.134. The van der Waals surface area contributed by atoms with E-state index in [1.165, 1.54) is 28.6 Å². The molecule has 0 unspecified atom stereocenters. The van der Waals surface area contributed by atoms with E-state index in [0.29, 0.717) is 18.5 Å². The first-order chi connectivity index (χ1) is 11.3. The number of carbonyl (C=O) groups excluding carboxylic acids is 2. The molecule has 3 N–H and O–H groups in total. The van der Waals surface area contributed by atoms with Gasteiger partial charge in [-0.1, -0.05) is 0 Å². The monoisotopic (exact) mass is 355 g/mol. The average molecular weight is 355 g/mol. The highest BCUT2D eigenvalue weighted by Gasteiger charge is 2.31. The summed E-state index contributed by atoms with van der Waals surface area (Å²) >= 11 is 0. The number of sulfonamides is 1. The van der Waals surface area contributed by atoms with Crippen molar-refractivity contribution in [1.29, 1.82) is 0 Å². The lowest BCUT2D eigenvalue weighted by molar-refractivity contribution is -0.122. The Morgan fingerprint density at radius 3 is 2.33 bits per heavy atom. The molecule has 24 heavy (non-hydrogen) atoms. The van der Waals surface area contributed by atoms with Gasteiger partial charge in [-0.05, 0) is 44.0 Å². The predicted molar refractivity (Wildman–Crippen MR) is 87.8 cm³/mol. The van der Waals surface area contributed by atoms with Gasteiger partial charge in [0.05, 0.1) is 11.5 Å². The number of rotatable bonds is 5. The lowest BCUT2D eigenvalue weighted by atomic mass is 9.98. The molecule has 1 aliphatic rings. The third-order valence-corrected chi connectivity index (χ3v) is 5.78. The summed E-state index contributed by atoms with van der Waals surface area (Å²) < 4.78 is 31.3. The van der Waals surface area contributed by atoms with Crippen LogP contribution < -0.4 is 11.1 Å². The molecule has 8 nitrogen and oxygen atoms in total. The molecule has 1 aromatic carbocycles. The zero-order chi connectivity index (χ0) is 17.7. The first kappa shape index (κ1) is 18.2. The number of hydrogen-bond donors (Lipinski definition) is 2. The number of benzene rings is 1. The fraction of sp³-hybridized carbons (Fsp3) is 0.467. The van der Waals surface area contributed by atoms with E-state index in [1.807, 2.05) is 0 Å². The van der Waals surface area contributed by atoms with Gasteiger partial charge in [0.15, 0.2) is 0 Å². The molecule has 0 atom stereocenters. The van der Waals surface area contributed by atoms with Gasteiger partial charge in [-0.2, -0.15) is 4.31 Å². The van der Waals surface area contributed by atoms with Crippen molar-refractivity contribution in [1.82, 2.24) is 4.31 Å². The summed E-state index contributed by atoms with van der Waals surface area (Å²) in [6.07, 6.45) is 0.260. The molecule has 0 saturated carbocycles. The van der Waals surface area contributed by atoms with Gasteiger partial charge in [0.25, 0.3) is 0 Å². The third kappa shape index (κ3) is 4.24. The van der Waals surface area contributed by atoms with Crippen LogP contribution in [0.3, 0.4) is 0 Å². The third-order valence-electron chi connectivity index (χ3n) is 3.87. The second-order valence-electron chi connectivity index (χ2n) is 5.45.